The maximum atomic E-state index is 13.0. The zero-order valence-corrected chi connectivity index (χ0v) is 12.3. The van der Waals surface area contributed by atoms with Crippen LogP contribution in [0.5, 0.6) is 0 Å². The van der Waals surface area contributed by atoms with Crippen LogP contribution < -0.4 is 5.32 Å². The minimum Gasteiger partial charge on any atom is -0.365 e. The lowest BCUT2D eigenvalue weighted by Gasteiger charge is -2.24. The number of nitrogens with zero attached hydrogens (tertiary/aromatic N) is 3. The van der Waals surface area contributed by atoms with Crippen LogP contribution in [0.1, 0.15) is 41.2 Å². The minimum atomic E-state index is -0.282. The second-order valence-corrected chi connectivity index (χ2v) is 5.17. The van der Waals surface area contributed by atoms with Crippen molar-refractivity contribution in [2.75, 3.05) is 6.54 Å². The summed E-state index contributed by atoms with van der Waals surface area (Å²) in [5.41, 5.74) is 1.86. The molecule has 0 unspecified atom stereocenters. The maximum Gasteiger partial charge on any atom is 0.273 e. The fourth-order valence-electron chi connectivity index (χ4n) is 2.39. The molecule has 0 fully saturated rings. The molecule has 2 aromatic rings. The zero-order valence-electron chi connectivity index (χ0n) is 12.3. The summed E-state index contributed by atoms with van der Waals surface area (Å²) in [7, 11) is 0. The Labute approximate surface area is 127 Å². The van der Waals surface area contributed by atoms with Gasteiger partial charge in [0.2, 0.25) is 0 Å². The highest BCUT2D eigenvalue weighted by molar-refractivity contribution is 5.93. The quantitative estimate of drug-likeness (QED) is 0.935. The number of carbonyl (C=O) groups is 1. The van der Waals surface area contributed by atoms with Gasteiger partial charge in [-0.1, -0.05) is 24.3 Å². The maximum absolute atomic E-state index is 13.0. The van der Waals surface area contributed by atoms with E-state index in [1.54, 1.807) is 16.8 Å². The molecule has 3 rings (SSSR count). The number of ether oxygens (including phenoxy) is 1. The van der Waals surface area contributed by atoms with Crippen molar-refractivity contribution in [2.24, 2.45) is 0 Å². The molecule has 0 radical (unpaired) electrons. The van der Waals surface area contributed by atoms with Gasteiger partial charge in [-0.05, 0) is 24.1 Å². The highest BCUT2D eigenvalue weighted by atomic mass is 19.1. The first-order valence-corrected chi connectivity index (χ1v) is 7.26. The van der Waals surface area contributed by atoms with E-state index in [2.05, 4.69) is 15.6 Å². The second kappa shape index (κ2) is 6.23. The molecule has 1 aliphatic heterocycles. The zero-order chi connectivity index (χ0) is 15.5. The van der Waals surface area contributed by atoms with Crippen molar-refractivity contribution in [3.63, 3.8) is 0 Å². The van der Waals surface area contributed by atoms with Gasteiger partial charge in [0.15, 0.2) is 5.69 Å². The Morgan fingerprint density at radius 1 is 1.45 bits per heavy atom. The molecule has 0 spiro atoms. The van der Waals surface area contributed by atoms with Gasteiger partial charge in [0.25, 0.3) is 5.91 Å². The Bertz CT molecular complexity index is 669. The summed E-state index contributed by atoms with van der Waals surface area (Å²) in [6, 6.07) is 6.19. The number of benzene rings is 1. The molecular formula is C15H17FN4O2. The number of halogens is 1. The predicted molar refractivity (Wildman–Crippen MR) is 76.6 cm³/mol. The third-order valence-corrected chi connectivity index (χ3v) is 3.59. The van der Waals surface area contributed by atoms with Crippen LogP contribution in [0.25, 0.3) is 0 Å². The van der Waals surface area contributed by atoms with Crippen molar-refractivity contribution in [3.05, 3.63) is 47.0 Å². The van der Waals surface area contributed by atoms with Gasteiger partial charge < -0.3 is 10.1 Å². The van der Waals surface area contributed by atoms with E-state index in [0.29, 0.717) is 24.5 Å². The Hall–Kier alpha value is -2.28. The van der Waals surface area contributed by atoms with Crippen LogP contribution in [-0.4, -0.2) is 27.4 Å². The first kappa shape index (κ1) is 14.6. The Balaban J connectivity index is 1.76. The molecule has 1 amide bonds. The summed E-state index contributed by atoms with van der Waals surface area (Å²) in [5.74, 6) is -0.511. The van der Waals surface area contributed by atoms with Gasteiger partial charge in [-0.3, -0.25) is 4.79 Å². The molecule has 0 aliphatic carbocycles. The number of rotatable bonds is 4. The summed E-state index contributed by atoms with van der Waals surface area (Å²) in [6.45, 7) is 3.29. The number of aromatic nitrogens is 3. The average molecular weight is 304 g/mol. The molecule has 0 saturated carbocycles. The van der Waals surface area contributed by atoms with Crippen LogP contribution in [0.4, 0.5) is 4.39 Å². The first-order chi connectivity index (χ1) is 10.7. The van der Waals surface area contributed by atoms with Gasteiger partial charge in [-0.15, -0.1) is 5.10 Å². The molecule has 0 saturated heterocycles. The predicted octanol–water partition coefficient (Wildman–Crippen LogP) is 1.83. The standard InChI is InChI=1S/C15H17FN4O2/c1-2-7-17-15(21)14-12-9-22-13(8-20(12)19-18-14)10-3-5-11(16)6-4-10/h3-6,13H,2,7-9H2,1H3,(H,17,21)/t13-/m0/s1. The number of fused-ring (bicyclic) bond motifs is 1. The lowest BCUT2D eigenvalue weighted by molar-refractivity contribution is -0.00180. The van der Waals surface area contributed by atoms with E-state index in [-0.39, 0.29) is 24.4 Å². The molecule has 1 aromatic heterocycles. The normalized spacial score (nSPS) is 17.1. The summed E-state index contributed by atoms with van der Waals surface area (Å²) in [4.78, 5) is 12.0. The van der Waals surface area contributed by atoms with Crippen molar-refractivity contribution in [3.8, 4) is 0 Å². The fraction of sp³-hybridized carbons (Fsp3) is 0.400. The number of hydrogen-bond acceptors (Lipinski definition) is 4. The fourth-order valence-corrected chi connectivity index (χ4v) is 2.39. The molecule has 1 aromatic carbocycles. The number of hydrogen-bond donors (Lipinski definition) is 1. The van der Waals surface area contributed by atoms with Gasteiger partial charge in [0.1, 0.15) is 11.9 Å². The minimum absolute atomic E-state index is 0.221. The number of amides is 1. The van der Waals surface area contributed by atoms with E-state index in [9.17, 15) is 9.18 Å². The number of carbonyl (C=O) groups excluding carboxylic acids is 1. The van der Waals surface area contributed by atoms with Crippen molar-refractivity contribution in [1.29, 1.82) is 0 Å². The van der Waals surface area contributed by atoms with Crippen molar-refractivity contribution in [1.82, 2.24) is 20.3 Å². The monoisotopic (exact) mass is 304 g/mol. The van der Waals surface area contributed by atoms with Crippen molar-refractivity contribution in [2.45, 2.75) is 32.6 Å². The van der Waals surface area contributed by atoms with E-state index >= 15 is 0 Å². The van der Waals surface area contributed by atoms with Crippen LogP contribution in [0.2, 0.25) is 0 Å². The Kier molecular flexibility index (Phi) is 4.15. The lowest BCUT2D eigenvalue weighted by atomic mass is 10.1. The Morgan fingerprint density at radius 3 is 2.95 bits per heavy atom. The highest BCUT2D eigenvalue weighted by Crippen LogP contribution is 2.26. The summed E-state index contributed by atoms with van der Waals surface area (Å²) in [6.07, 6.45) is 0.639. The molecule has 2 heterocycles. The van der Waals surface area contributed by atoms with Crippen LogP contribution in [0, 0.1) is 5.82 Å². The van der Waals surface area contributed by atoms with Crippen molar-refractivity contribution < 1.29 is 13.9 Å². The molecular weight excluding hydrogens is 287 g/mol. The van der Waals surface area contributed by atoms with E-state index in [0.717, 1.165) is 12.0 Å². The van der Waals surface area contributed by atoms with Gasteiger partial charge in [0.05, 0.1) is 18.8 Å². The van der Waals surface area contributed by atoms with E-state index in [1.807, 2.05) is 6.92 Å². The van der Waals surface area contributed by atoms with Gasteiger partial charge >= 0.3 is 0 Å². The summed E-state index contributed by atoms with van der Waals surface area (Å²) < 4.78 is 20.4. The Morgan fingerprint density at radius 2 is 2.23 bits per heavy atom. The first-order valence-electron chi connectivity index (χ1n) is 7.26. The molecule has 1 N–H and O–H groups in total. The second-order valence-electron chi connectivity index (χ2n) is 5.17. The SMILES string of the molecule is CCCNC(=O)c1nnn2c1CO[C@H](c1ccc(F)cc1)C2. The molecule has 22 heavy (non-hydrogen) atoms. The van der Waals surface area contributed by atoms with Gasteiger partial charge in [0, 0.05) is 6.54 Å². The van der Waals surface area contributed by atoms with Gasteiger partial charge in [-0.2, -0.15) is 0 Å². The van der Waals surface area contributed by atoms with Crippen LogP contribution in [0.3, 0.4) is 0 Å². The lowest BCUT2D eigenvalue weighted by Crippen LogP contribution is -2.28. The third kappa shape index (κ3) is 2.85. The molecule has 7 heteroatoms. The topological polar surface area (TPSA) is 69.0 Å². The summed E-state index contributed by atoms with van der Waals surface area (Å²) >= 11 is 0. The average Bonchev–Trinajstić information content (AvgIpc) is 2.96. The van der Waals surface area contributed by atoms with E-state index in [1.165, 1.54) is 12.1 Å². The van der Waals surface area contributed by atoms with Crippen LogP contribution in [0.15, 0.2) is 24.3 Å². The highest BCUT2D eigenvalue weighted by Gasteiger charge is 2.27. The largest absolute Gasteiger partial charge is 0.365 e. The van der Waals surface area contributed by atoms with Crippen LogP contribution in [-0.2, 0) is 17.9 Å². The molecule has 0 bridgehead atoms. The smallest absolute Gasteiger partial charge is 0.273 e. The van der Waals surface area contributed by atoms with Crippen molar-refractivity contribution >= 4 is 5.91 Å². The van der Waals surface area contributed by atoms with Gasteiger partial charge in [-0.25, -0.2) is 9.07 Å². The molecule has 1 aliphatic rings. The van der Waals surface area contributed by atoms with E-state index in [4.69, 9.17) is 4.74 Å². The molecule has 6 nitrogen and oxygen atoms in total. The number of nitrogens with one attached hydrogen (secondary N) is 1. The third-order valence-electron chi connectivity index (χ3n) is 3.59. The summed E-state index contributed by atoms with van der Waals surface area (Å²) in [5, 5.41) is 10.8. The molecule has 1 atom stereocenters. The molecule has 116 valence electrons. The van der Waals surface area contributed by atoms with E-state index < -0.39 is 0 Å². The van der Waals surface area contributed by atoms with Crippen LogP contribution >= 0.6 is 0 Å².